The number of unbranched alkanes of at least 4 members (excludes halogenated alkanes) is 1. The van der Waals surface area contributed by atoms with Crippen LogP contribution in [0.25, 0.3) is 11.0 Å². The van der Waals surface area contributed by atoms with E-state index < -0.39 is 5.97 Å². The second-order valence-electron chi connectivity index (χ2n) is 5.68. The van der Waals surface area contributed by atoms with Crippen molar-refractivity contribution in [1.82, 2.24) is 0 Å². The second-order valence-corrected chi connectivity index (χ2v) is 5.68. The monoisotopic (exact) mass is 318 g/mol. The van der Waals surface area contributed by atoms with Crippen LogP contribution >= 0.6 is 0 Å². The van der Waals surface area contributed by atoms with E-state index in [2.05, 4.69) is 6.92 Å². The van der Waals surface area contributed by atoms with Crippen molar-refractivity contribution in [2.75, 3.05) is 6.61 Å². The van der Waals surface area contributed by atoms with E-state index in [1.807, 2.05) is 6.07 Å². The smallest absolute Gasteiger partial charge is 0.344 e. The first kappa shape index (κ1) is 17.1. The Morgan fingerprint density at radius 3 is 2.74 bits per heavy atom. The molecule has 0 saturated heterocycles. The maximum atomic E-state index is 11.7. The Bertz CT molecular complexity index is 730. The Balaban J connectivity index is 2.18. The molecule has 0 fully saturated rings. The highest BCUT2D eigenvalue weighted by Gasteiger charge is 2.09. The zero-order valence-electron chi connectivity index (χ0n) is 13.8. The Labute approximate surface area is 135 Å². The molecule has 0 amide bonds. The Morgan fingerprint density at radius 1 is 1.26 bits per heavy atom. The molecule has 0 aliphatic rings. The molecule has 124 valence electrons. The first-order valence-corrected chi connectivity index (χ1v) is 7.88. The van der Waals surface area contributed by atoms with Crippen LogP contribution in [0.15, 0.2) is 33.5 Å². The average molecular weight is 318 g/mol. The van der Waals surface area contributed by atoms with Gasteiger partial charge in [0.15, 0.2) is 6.61 Å². The Kier molecular flexibility index (Phi) is 5.79. The molecule has 2 rings (SSSR count). The molecule has 1 aromatic carbocycles. The average Bonchev–Trinajstić information content (AvgIpc) is 2.49. The van der Waals surface area contributed by atoms with Crippen molar-refractivity contribution < 1.29 is 18.7 Å². The number of hydrogen-bond acceptors (Lipinski definition) is 5. The van der Waals surface area contributed by atoms with Crippen molar-refractivity contribution in [2.24, 2.45) is 0 Å². The number of benzene rings is 1. The molecular weight excluding hydrogens is 296 g/mol. The maximum Gasteiger partial charge on any atom is 0.344 e. The van der Waals surface area contributed by atoms with E-state index in [0.29, 0.717) is 11.3 Å². The van der Waals surface area contributed by atoms with Crippen LogP contribution in [0, 0.1) is 0 Å². The number of rotatable bonds is 7. The van der Waals surface area contributed by atoms with Gasteiger partial charge in [-0.15, -0.1) is 0 Å². The lowest BCUT2D eigenvalue weighted by molar-refractivity contribution is -0.149. The first-order valence-electron chi connectivity index (χ1n) is 7.88. The van der Waals surface area contributed by atoms with E-state index in [-0.39, 0.29) is 18.3 Å². The zero-order chi connectivity index (χ0) is 16.8. The molecule has 1 aromatic heterocycles. The van der Waals surface area contributed by atoms with E-state index in [4.69, 9.17) is 13.9 Å². The van der Waals surface area contributed by atoms with E-state index >= 15 is 0 Å². The molecule has 0 N–H and O–H groups in total. The molecule has 0 saturated carbocycles. The third kappa shape index (κ3) is 4.84. The molecule has 0 aliphatic carbocycles. The lowest BCUT2D eigenvalue weighted by atomic mass is 10.0. The Morgan fingerprint density at radius 2 is 2.04 bits per heavy atom. The van der Waals surface area contributed by atoms with E-state index in [1.54, 1.807) is 32.0 Å². The summed E-state index contributed by atoms with van der Waals surface area (Å²) in [5.41, 5.74) is 1.07. The fourth-order valence-electron chi connectivity index (χ4n) is 2.31. The Hall–Kier alpha value is -2.30. The van der Waals surface area contributed by atoms with Crippen molar-refractivity contribution in [1.29, 1.82) is 0 Å². The van der Waals surface area contributed by atoms with Crippen LogP contribution in [0.2, 0.25) is 0 Å². The predicted molar refractivity (Wildman–Crippen MR) is 87.8 cm³/mol. The fourth-order valence-corrected chi connectivity index (χ4v) is 2.31. The lowest BCUT2D eigenvalue weighted by Crippen LogP contribution is -2.18. The molecule has 5 nitrogen and oxygen atoms in total. The molecule has 0 aliphatic heterocycles. The molecule has 0 atom stereocenters. The van der Waals surface area contributed by atoms with Crippen LogP contribution in [0.4, 0.5) is 0 Å². The minimum atomic E-state index is -0.432. The summed E-state index contributed by atoms with van der Waals surface area (Å²) >= 11 is 0. The highest BCUT2D eigenvalue weighted by atomic mass is 16.6. The number of hydrogen-bond donors (Lipinski definition) is 0. The zero-order valence-corrected chi connectivity index (χ0v) is 13.8. The number of esters is 1. The van der Waals surface area contributed by atoms with Crippen LogP contribution in [0.3, 0.4) is 0 Å². The van der Waals surface area contributed by atoms with Gasteiger partial charge >= 0.3 is 11.6 Å². The summed E-state index contributed by atoms with van der Waals surface area (Å²) in [6, 6.07) is 6.79. The molecule has 0 radical (unpaired) electrons. The summed E-state index contributed by atoms with van der Waals surface area (Å²) in [5, 5.41) is 0.898. The van der Waals surface area contributed by atoms with Crippen molar-refractivity contribution in [3.8, 4) is 5.75 Å². The minimum absolute atomic E-state index is 0.177. The summed E-state index contributed by atoms with van der Waals surface area (Å²) < 4.78 is 15.6. The van der Waals surface area contributed by atoms with Gasteiger partial charge in [0.25, 0.3) is 0 Å². The summed E-state index contributed by atoms with van der Waals surface area (Å²) in [5.74, 6) is 0.0345. The van der Waals surface area contributed by atoms with Crippen molar-refractivity contribution >= 4 is 16.9 Å². The van der Waals surface area contributed by atoms with Crippen molar-refractivity contribution in [3.63, 3.8) is 0 Å². The molecule has 0 unspecified atom stereocenters. The molecule has 1 heterocycles. The summed E-state index contributed by atoms with van der Waals surface area (Å²) in [7, 11) is 0. The number of aryl methyl sites for hydroxylation is 1. The maximum absolute atomic E-state index is 11.7. The van der Waals surface area contributed by atoms with E-state index in [9.17, 15) is 9.59 Å². The van der Waals surface area contributed by atoms with Gasteiger partial charge in [0, 0.05) is 17.5 Å². The van der Waals surface area contributed by atoms with Crippen LogP contribution in [0.5, 0.6) is 5.75 Å². The summed E-state index contributed by atoms with van der Waals surface area (Å²) in [4.78, 5) is 23.2. The van der Waals surface area contributed by atoms with Gasteiger partial charge in [-0.2, -0.15) is 0 Å². The number of carbonyl (C=O) groups is 1. The third-order valence-corrected chi connectivity index (χ3v) is 3.33. The largest absolute Gasteiger partial charge is 0.482 e. The number of fused-ring (bicyclic) bond motifs is 1. The minimum Gasteiger partial charge on any atom is -0.482 e. The third-order valence-electron chi connectivity index (χ3n) is 3.33. The van der Waals surface area contributed by atoms with Gasteiger partial charge in [-0.3, -0.25) is 0 Å². The predicted octanol–water partition coefficient (Wildman–Crippen LogP) is 3.47. The van der Waals surface area contributed by atoms with Crippen LogP contribution < -0.4 is 10.4 Å². The highest BCUT2D eigenvalue weighted by Crippen LogP contribution is 2.23. The molecule has 23 heavy (non-hydrogen) atoms. The van der Waals surface area contributed by atoms with Crippen LogP contribution in [-0.2, 0) is 16.0 Å². The lowest BCUT2D eigenvalue weighted by Gasteiger charge is -2.10. The van der Waals surface area contributed by atoms with Crippen LogP contribution in [0.1, 0.15) is 39.2 Å². The number of carbonyl (C=O) groups excluding carboxylic acids is 1. The van der Waals surface area contributed by atoms with Crippen molar-refractivity contribution in [2.45, 2.75) is 46.1 Å². The van der Waals surface area contributed by atoms with Gasteiger partial charge in [-0.25, -0.2) is 9.59 Å². The number of ether oxygens (including phenoxy) is 2. The molecule has 0 bridgehead atoms. The summed E-state index contributed by atoms with van der Waals surface area (Å²) in [6.07, 6.45) is 2.72. The fraction of sp³-hybridized carbons (Fsp3) is 0.444. The van der Waals surface area contributed by atoms with Gasteiger partial charge in [-0.1, -0.05) is 13.3 Å². The van der Waals surface area contributed by atoms with E-state index in [1.165, 1.54) is 0 Å². The van der Waals surface area contributed by atoms with Gasteiger partial charge < -0.3 is 13.9 Å². The quantitative estimate of drug-likeness (QED) is 0.578. The molecule has 5 heteroatoms. The topological polar surface area (TPSA) is 65.7 Å². The van der Waals surface area contributed by atoms with Crippen LogP contribution in [-0.4, -0.2) is 18.7 Å². The first-order chi connectivity index (χ1) is 11.0. The molecule has 2 aromatic rings. The highest BCUT2D eigenvalue weighted by molar-refractivity contribution is 5.81. The van der Waals surface area contributed by atoms with E-state index in [0.717, 1.165) is 30.2 Å². The second kappa shape index (κ2) is 7.81. The van der Waals surface area contributed by atoms with Gasteiger partial charge in [0.05, 0.1) is 6.10 Å². The summed E-state index contributed by atoms with van der Waals surface area (Å²) in [6.45, 7) is 5.49. The normalized spacial score (nSPS) is 11.0. The van der Waals surface area contributed by atoms with Crippen molar-refractivity contribution in [3.05, 3.63) is 40.2 Å². The standard InChI is InChI=1S/C18H22O5/c1-4-5-6-13-9-17(19)23-16-10-14(7-8-15(13)16)21-11-18(20)22-12(2)3/h7-10,12H,4-6,11H2,1-3H3. The SMILES string of the molecule is CCCCc1cc(=O)oc2cc(OCC(=O)OC(C)C)ccc12. The van der Waals surface area contributed by atoms with Gasteiger partial charge in [0.1, 0.15) is 11.3 Å². The van der Waals surface area contributed by atoms with Gasteiger partial charge in [-0.05, 0) is 44.4 Å². The molecular formula is C18H22O5. The molecule has 0 spiro atoms. The van der Waals surface area contributed by atoms with Gasteiger partial charge in [0.2, 0.25) is 0 Å².